The molecule has 2 aromatic rings. The van der Waals surface area contributed by atoms with Crippen molar-refractivity contribution in [2.45, 2.75) is 19.5 Å². The van der Waals surface area contributed by atoms with Gasteiger partial charge in [0.25, 0.3) is 5.91 Å². The summed E-state index contributed by atoms with van der Waals surface area (Å²) in [5, 5.41) is 3.35. The first-order valence-electron chi connectivity index (χ1n) is 5.64. The summed E-state index contributed by atoms with van der Waals surface area (Å²) in [6.07, 6.45) is 6.57. The fraction of sp³-hybridized carbons (Fsp3) is 0.250. The fourth-order valence-corrected chi connectivity index (χ4v) is 1.99. The lowest BCUT2D eigenvalue weighted by Crippen LogP contribution is -2.35. The van der Waals surface area contributed by atoms with Crippen LogP contribution in [0, 0.1) is 0 Å². The molecule has 1 unspecified atom stereocenters. The zero-order valence-corrected chi connectivity index (χ0v) is 11.7. The van der Waals surface area contributed by atoms with Crippen LogP contribution in [0.5, 0.6) is 0 Å². The van der Waals surface area contributed by atoms with Gasteiger partial charge in [-0.15, -0.1) is 0 Å². The second-order valence-electron chi connectivity index (χ2n) is 4.12. The third-order valence-electron chi connectivity index (χ3n) is 2.49. The van der Waals surface area contributed by atoms with Gasteiger partial charge in [0, 0.05) is 31.2 Å². The molecule has 2 rings (SSSR count). The Morgan fingerprint density at radius 3 is 3.00 bits per heavy atom. The zero-order valence-electron chi connectivity index (χ0n) is 10.2. The van der Waals surface area contributed by atoms with E-state index in [-0.39, 0.29) is 22.1 Å². The lowest BCUT2D eigenvalue weighted by atomic mass is 10.2. The minimum absolute atomic E-state index is 0.0651. The average molecular weight is 299 g/mol. The van der Waals surface area contributed by atoms with Crippen molar-refractivity contribution in [1.82, 2.24) is 19.9 Å². The molecule has 1 atom stereocenters. The van der Waals surface area contributed by atoms with Crippen LogP contribution >= 0.6 is 23.2 Å². The van der Waals surface area contributed by atoms with Gasteiger partial charge in [-0.05, 0) is 13.0 Å². The van der Waals surface area contributed by atoms with Crippen LogP contribution in [-0.4, -0.2) is 26.5 Å². The number of hydrogen-bond acceptors (Lipinski definition) is 3. The molecule has 2 aromatic heterocycles. The number of carbonyl (C=O) groups is 1. The SMILES string of the molecule is CC(Cn1ccnc1)NC(=O)c1cc(Cl)ncc1Cl. The first-order chi connectivity index (χ1) is 9.06. The third kappa shape index (κ3) is 3.68. The lowest BCUT2D eigenvalue weighted by molar-refractivity contribution is 0.0937. The van der Waals surface area contributed by atoms with Crippen molar-refractivity contribution in [2.24, 2.45) is 0 Å². The second kappa shape index (κ2) is 6.04. The molecule has 1 amide bonds. The molecule has 0 radical (unpaired) electrons. The Bertz CT molecular complexity index is 571. The number of carbonyl (C=O) groups excluding carboxylic acids is 1. The van der Waals surface area contributed by atoms with Gasteiger partial charge in [0.1, 0.15) is 5.15 Å². The molecule has 7 heteroatoms. The van der Waals surface area contributed by atoms with Crippen molar-refractivity contribution in [2.75, 3.05) is 0 Å². The standard InChI is InChI=1S/C12H12Cl2N4O/c1-8(6-18-3-2-15-7-18)17-12(19)9-4-11(14)16-5-10(9)13/h2-5,7-8H,6H2,1H3,(H,17,19). The minimum atomic E-state index is -0.276. The van der Waals surface area contributed by atoms with E-state index in [1.54, 1.807) is 12.5 Å². The van der Waals surface area contributed by atoms with Gasteiger partial charge in [-0.2, -0.15) is 0 Å². The predicted molar refractivity (Wildman–Crippen MR) is 73.4 cm³/mol. The summed E-state index contributed by atoms with van der Waals surface area (Å²) in [6, 6.07) is 1.38. The van der Waals surface area contributed by atoms with E-state index in [9.17, 15) is 4.79 Å². The quantitative estimate of drug-likeness (QED) is 0.882. The van der Waals surface area contributed by atoms with E-state index in [0.29, 0.717) is 12.1 Å². The monoisotopic (exact) mass is 298 g/mol. The van der Waals surface area contributed by atoms with E-state index in [0.717, 1.165) is 0 Å². The van der Waals surface area contributed by atoms with Crippen molar-refractivity contribution >= 4 is 29.1 Å². The smallest absolute Gasteiger partial charge is 0.253 e. The van der Waals surface area contributed by atoms with Gasteiger partial charge in [-0.25, -0.2) is 9.97 Å². The van der Waals surface area contributed by atoms with Crippen LogP contribution in [0.3, 0.4) is 0 Å². The van der Waals surface area contributed by atoms with Gasteiger partial charge in [-0.1, -0.05) is 23.2 Å². The van der Waals surface area contributed by atoms with E-state index < -0.39 is 0 Å². The molecule has 2 heterocycles. The van der Waals surface area contributed by atoms with Crippen LogP contribution in [0.4, 0.5) is 0 Å². The first kappa shape index (κ1) is 13.8. The maximum atomic E-state index is 12.0. The highest BCUT2D eigenvalue weighted by atomic mass is 35.5. The van der Waals surface area contributed by atoms with E-state index in [4.69, 9.17) is 23.2 Å². The largest absolute Gasteiger partial charge is 0.348 e. The van der Waals surface area contributed by atoms with Gasteiger partial charge < -0.3 is 9.88 Å². The van der Waals surface area contributed by atoms with Crippen molar-refractivity contribution in [1.29, 1.82) is 0 Å². The number of imidazole rings is 1. The van der Waals surface area contributed by atoms with Crippen LogP contribution in [0.2, 0.25) is 10.2 Å². The number of amides is 1. The molecule has 0 aliphatic carbocycles. The first-order valence-corrected chi connectivity index (χ1v) is 6.39. The number of halogens is 2. The number of nitrogens with one attached hydrogen (secondary N) is 1. The zero-order chi connectivity index (χ0) is 13.8. The van der Waals surface area contributed by atoms with Gasteiger partial charge >= 0.3 is 0 Å². The van der Waals surface area contributed by atoms with Gasteiger partial charge in [-0.3, -0.25) is 4.79 Å². The van der Waals surface area contributed by atoms with Gasteiger partial charge in [0.2, 0.25) is 0 Å². The summed E-state index contributed by atoms with van der Waals surface area (Å²) in [6.45, 7) is 2.52. The molecule has 1 N–H and O–H groups in total. The summed E-state index contributed by atoms with van der Waals surface area (Å²) in [4.78, 5) is 19.8. The lowest BCUT2D eigenvalue weighted by Gasteiger charge is -2.15. The van der Waals surface area contributed by atoms with E-state index in [2.05, 4.69) is 15.3 Å². The Morgan fingerprint density at radius 2 is 2.32 bits per heavy atom. The molecule has 0 aliphatic heterocycles. The molecule has 0 saturated carbocycles. The number of aromatic nitrogens is 3. The van der Waals surface area contributed by atoms with Crippen LogP contribution in [-0.2, 0) is 6.54 Å². The highest BCUT2D eigenvalue weighted by Crippen LogP contribution is 2.18. The Balaban J connectivity index is 2.02. The molecular formula is C12H12Cl2N4O. The molecule has 0 fully saturated rings. The normalized spacial score (nSPS) is 12.2. The highest BCUT2D eigenvalue weighted by molar-refractivity contribution is 6.35. The van der Waals surface area contributed by atoms with E-state index in [1.165, 1.54) is 12.3 Å². The van der Waals surface area contributed by atoms with E-state index >= 15 is 0 Å². The third-order valence-corrected chi connectivity index (χ3v) is 3.00. The molecule has 0 aliphatic rings. The van der Waals surface area contributed by atoms with Crippen molar-refractivity contribution in [3.05, 3.63) is 46.7 Å². The van der Waals surface area contributed by atoms with E-state index in [1.807, 2.05) is 17.7 Å². The Morgan fingerprint density at radius 1 is 1.53 bits per heavy atom. The topological polar surface area (TPSA) is 59.8 Å². The summed E-state index contributed by atoms with van der Waals surface area (Å²) in [5.41, 5.74) is 0.319. The van der Waals surface area contributed by atoms with Crippen molar-refractivity contribution < 1.29 is 4.79 Å². The molecule has 0 saturated heterocycles. The van der Waals surface area contributed by atoms with Gasteiger partial charge in [0.05, 0.1) is 16.9 Å². The Kier molecular flexibility index (Phi) is 4.39. The Hall–Kier alpha value is -1.59. The summed E-state index contributed by atoms with van der Waals surface area (Å²) < 4.78 is 1.88. The number of hydrogen-bond donors (Lipinski definition) is 1. The van der Waals surface area contributed by atoms with Crippen molar-refractivity contribution in [3.8, 4) is 0 Å². The van der Waals surface area contributed by atoms with Gasteiger partial charge in [0.15, 0.2) is 0 Å². The molecule has 100 valence electrons. The number of pyridine rings is 1. The summed E-state index contributed by atoms with van der Waals surface area (Å²) in [7, 11) is 0. The second-order valence-corrected chi connectivity index (χ2v) is 4.92. The van der Waals surface area contributed by atoms with Crippen LogP contribution in [0.25, 0.3) is 0 Å². The summed E-state index contributed by atoms with van der Waals surface area (Å²) >= 11 is 11.7. The summed E-state index contributed by atoms with van der Waals surface area (Å²) in [5.74, 6) is -0.276. The molecular weight excluding hydrogens is 287 g/mol. The fourth-order valence-electron chi connectivity index (χ4n) is 1.65. The highest BCUT2D eigenvalue weighted by Gasteiger charge is 2.14. The predicted octanol–water partition coefficient (Wildman–Crippen LogP) is 2.40. The maximum Gasteiger partial charge on any atom is 0.253 e. The number of rotatable bonds is 4. The van der Waals surface area contributed by atoms with Crippen LogP contribution < -0.4 is 5.32 Å². The molecule has 0 aromatic carbocycles. The van der Waals surface area contributed by atoms with Crippen LogP contribution in [0.1, 0.15) is 17.3 Å². The maximum absolute atomic E-state index is 12.0. The molecule has 5 nitrogen and oxygen atoms in total. The average Bonchev–Trinajstić information content (AvgIpc) is 2.84. The van der Waals surface area contributed by atoms with Crippen molar-refractivity contribution in [3.63, 3.8) is 0 Å². The molecule has 19 heavy (non-hydrogen) atoms. The number of nitrogens with zero attached hydrogens (tertiary/aromatic N) is 3. The molecule has 0 spiro atoms. The Labute approximate surface area is 120 Å². The van der Waals surface area contributed by atoms with Crippen LogP contribution in [0.15, 0.2) is 31.0 Å². The molecule has 0 bridgehead atoms. The minimum Gasteiger partial charge on any atom is -0.348 e.